The first-order valence-electron chi connectivity index (χ1n) is 9.36. The van der Waals surface area contributed by atoms with Crippen molar-refractivity contribution in [3.63, 3.8) is 0 Å². The van der Waals surface area contributed by atoms with Crippen LogP contribution in [0.3, 0.4) is 0 Å². The van der Waals surface area contributed by atoms with Gasteiger partial charge in [0.2, 0.25) is 11.8 Å². The maximum absolute atomic E-state index is 11.8. The number of carbonyl (C=O) groups is 1. The van der Waals surface area contributed by atoms with Crippen LogP contribution in [0.1, 0.15) is 58.3 Å². The van der Waals surface area contributed by atoms with E-state index in [9.17, 15) is 4.79 Å². The van der Waals surface area contributed by atoms with E-state index < -0.39 is 5.60 Å². The lowest BCUT2D eigenvalue weighted by Crippen LogP contribution is -2.36. The van der Waals surface area contributed by atoms with Crippen molar-refractivity contribution in [1.82, 2.24) is 15.5 Å². The van der Waals surface area contributed by atoms with Crippen molar-refractivity contribution in [3.8, 4) is 11.5 Å². The normalized spacial score (nSPS) is 20.3. The number of hydrogen-bond donors (Lipinski definition) is 1. The molecular weight excluding hydrogens is 366 g/mol. The molecule has 0 unspecified atom stereocenters. The standard InChI is InChI=1S/C20H26ClN3O3/c1-20(2,3)27-19(25)22-12-13-4-6-14(7-5-13)17-23-24-18(26-17)15-8-10-16(21)11-9-15/h8-11,13-14H,4-7,12H2,1-3H3,(H,22,25)/t13-,14-. The Morgan fingerprint density at radius 1 is 1.19 bits per heavy atom. The first kappa shape index (κ1) is 19.7. The third-order valence-electron chi connectivity index (χ3n) is 4.66. The molecule has 1 heterocycles. The summed E-state index contributed by atoms with van der Waals surface area (Å²) >= 11 is 5.92. The Bertz CT molecular complexity index is 760. The van der Waals surface area contributed by atoms with Crippen LogP contribution in [0.2, 0.25) is 5.02 Å². The van der Waals surface area contributed by atoms with Gasteiger partial charge in [-0.05, 0) is 76.6 Å². The third kappa shape index (κ3) is 5.70. The monoisotopic (exact) mass is 391 g/mol. The van der Waals surface area contributed by atoms with E-state index in [1.807, 2.05) is 45.0 Å². The van der Waals surface area contributed by atoms with Crippen LogP contribution in [0.25, 0.3) is 11.5 Å². The fourth-order valence-corrected chi connectivity index (χ4v) is 3.39. The van der Waals surface area contributed by atoms with Crippen LogP contribution in [0.5, 0.6) is 0 Å². The van der Waals surface area contributed by atoms with Crippen molar-refractivity contribution in [3.05, 3.63) is 35.2 Å². The number of nitrogens with zero attached hydrogens (tertiary/aromatic N) is 2. The molecule has 1 aromatic carbocycles. The molecule has 1 aliphatic rings. The lowest BCUT2D eigenvalue weighted by atomic mass is 9.82. The molecule has 1 aliphatic carbocycles. The molecule has 0 saturated heterocycles. The van der Waals surface area contributed by atoms with Gasteiger partial charge in [-0.25, -0.2) is 4.79 Å². The van der Waals surface area contributed by atoms with E-state index in [0.717, 1.165) is 31.2 Å². The Labute approximate surface area is 164 Å². The van der Waals surface area contributed by atoms with Gasteiger partial charge >= 0.3 is 6.09 Å². The summed E-state index contributed by atoms with van der Waals surface area (Å²) in [5, 5.41) is 12.0. The molecule has 0 aliphatic heterocycles. The van der Waals surface area contributed by atoms with Gasteiger partial charge in [-0.1, -0.05) is 11.6 Å². The van der Waals surface area contributed by atoms with E-state index in [0.29, 0.717) is 29.3 Å². The molecular formula is C20H26ClN3O3. The van der Waals surface area contributed by atoms with Gasteiger partial charge in [0.25, 0.3) is 0 Å². The second-order valence-corrected chi connectivity index (χ2v) is 8.49. The zero-order valence-corrected chi connectivity index (χ0v) is 16.8. The molecule has 146 valence electrons. The average molecular weight is 392 g/mol. The van der Waals surface area contributed by atoms with Crippen molar-refractivity contribution >= 4 is 17.7 Å². The summed E-state index contributed by atoms with van der Waals surface area (Å²) in [4.78, 5) is 11.8. The number of nitrogens with one attached hydrogen (secondary N) is 1. The molecule has 7 heteroatoms. The summed E-state index contributed by atoms with van der Waals surface area (Å²) < 4.78 is 11.2. The SMILES string of the molecule is CC(C)(C)OC(=O)NC[C@H]1CC[C@H](c2nnc(-c3ccc(Cl)cc3)o2)CC1. The van der Waals surface area contributed by atoms with E-state index in [1.54, 1.807) is 0 Å². The Morgan fingerprint density at radius 3 is 2.48 bits per heavy atom. The number of hydrogen-bond acceptors (Lipinski definition) is 5. The maximum Gasteiger partial charge on any atom is 0.407 e. The highest BCUT2D eigenvalue weighted by atomic mass is 35.5. The zero-order chi connectivity index (χ0) is 19.4. The minimum Gasteiger partial charge on any atom is -0.444 e. The third-order valence-corrected chi connectivity index (χ3v) is 4.91. The van der Waals surface area contributed by atoms with Crippen molar-refractivity contribution in [2.45, 2.75) is 58.0 Å². The predicted molar refractivity (Wildman–Crippen MR) is 104 cm³/mol. The topological polar surface area (TPSA) is 77.2 Å². The van der Waals surface area contributed by atoms with Crippen LogP contribution in [0, 0.1) is 5.92 Å². The average Bonchev–Trinajstić information content (AvgIpc) is 3.10. The van der Waals surface area contributed by atoms with E-state index in [1.165, 1.54) is 0 Å². The number of halogens is 1. The lowest BCUT2D eigenvalue weighted by Gasteiger charge is -2.27. The molecule has 0 atom stereocenters. The maximum atomic E-state index is 11.8. The molecule has 0 spiro atoms. The summed E-state index contributed by atoms with van der Waals surface area (Å²) in [5.74, 6) is 1.94. The number of carbonyl (C=O) groups excluding carboxylic acids is 1. The quantitative estimate of drug-likeness (QED) is 0.776. The van der Waals surface area contributed by atoms with Crippen LogP contribution >= 0.6 is 11.6 Å². The van der Waals surface area contributed by atoms with Gasteiger partial charge in [-0.3, -0.25) is 0 Å². The highest BCUT2D eigenvalue weighted by Gasteiger charge is 2.27. The van der Waals surface area contributed by atoms with Crippen molar-refractivity contribution in [1.29, 1.82) is 0 Å². The number of rotatable bonds is 4. The fourth-order valence-electron chi connectivity index (χ4n) is 3.26. The van der Waals surface area contributed by atoms with E-state index in [-0.39, 0.29) is 12.0 Å². The molecule has 0 radical (unpaired) electrons. The first-order chi connectivity index (χ1) is 12.8. The van der Waals surface area contributed by atoms with E-state index in [4.69, 9.17) is 20.8 Å². The van der Waals surface area contributed by atoms with E-state index >= 15 is 0 Å². The van der Waals surface area contributed by atoms with Gasteiger partial charge in [0.1, 0.15) is 5.60 Å². The van der Waals surface area contributed by atoms with Crippen LogP contribution in [0.15, 0.2) is 28.7 Å². The predicted octanol–water partition coefficient (Wildman–Crippen LogP) is 5.19. The van der Waals surface area contributed by atoms with Gasteiger partial charge in [0.15, 0.2) is 0 Å². The second-order valence-electron chi connectivity index (χ2n) is 8.05. The highest BCUT2D eigenvalue weighted by molar-refractivity contribution is 6.30. The Morgan fingerprint density at radius 2 is 1.85 bits per heavy atom. The number of alkyl carbamates (subject to hydrolysis) is 1. The molecule has 2 aromatic rings. The second kappa shape index (κ2) is 8.30. The largest absolute Gasteiger partial charge is 0.444 e. The van der Waals surface area contributed by atoms with Crippen LogP contribution in [-0.4, -0.2) is 28.4 Å². The summed E-state index contributed by atoms with van der Waals surface area (Å²) in [6.07, 6.45) is 3.62. The van der Waals surface area contributed by atoms with Gasteiger partial charge in [0.05, 0.1) is 0 Å². The van der Waals surface area contributed by atoms with Crippen LogP contribution in [0.4, 0.5) is 4.79 Å². The van der Waals surface area contributed by atoms with Crippen molar-refractivity contribution in [2.24, 2.45) is 5.92 Å². The van der Waals surface area contributed by atoms with E-state index in [2.05, 4.69) is 15.5 Å². The number of ether oxygens (including phenoxy) is 1. The summed E-state index contributed by atoms with van der Waals surface area (Å²) in [6.45, 7) is 6.23. The zero-order valence-electron chi connectivity index (χ0n) is 16.0. The summed E-state index contributed by atoms with van der Waals surface area (Å²) in [7, 11) is 0. The fraction of sp³-hybridized carbons (Fsp3) is 0.550. The molecule has 1 aromatic heterocycles. The lowest BCUT2D eigenvalue weighted by molar-refractivity contribution is 0.0514. The number of benzene rings is 1. The molecule has 6 nitrogen and oxygen atoms in total. The number of aromatic nitrogens is 2. The minimum atomic E-state index is -0.471. The molecule has 0 bridgehead atoms. The van der Waals surface area contributed by atoms with Gasteiger partial charge < -0.3 is 14.5 Å². The summed E-state index contributed by atoms with van der Waals surface area (Å²) in [5.41, 5.74) is 0.398. The molecule has 1 fully saturated rings. The van der Waals surface area contributed by atoms with Crippen LogP contribution in [-0.2, 0) is 4.74 Å². The number of amides is 1. The minimum absolute atomic E-state index is 0.274. The van der Waals surface area contributed by atoms with Crippen molar-refractivity contribution < 1.29 is 13.9 Å². The van der Waals surface area contributed by atoms with Crippen LogP contribution < -0.4 is 5.32 Å². The molecule has 3 rings (SSSR count). The van der Waals surface area contributed by atoms with Crippen molar-refractivity contribution in [2.75, 3.05) is 6.54 Å². The van der Waals surface area contributed by atoms with Gasteiger partial charge in [0, 0.05) is 23.0 Å². The Hall–Kier alpha value is -2.08. The molecule has 1 N–H and O–H groups in total. The van der Waals surface area contributed by atoms with Gasteiger partial charge in [-0.15, -0.1) is 10.2 Å². The summed E-state index contributed by atoms with van der Waals surface area (Å²) in [6, 6.07) is 7.37. The van der Waals surface area contributed by atoms with Gasteiger partial charge in [-0.2, -0.15) is 0 Å². The Kier molecular flexibility index (Phi) is 6.05. The molecule has 27 heavy (non-hydrogen) atoms. The first-order valence-corrected chi connectivity index (χ1v) is 9.74. The Balaban J connectivity index is 1.48. The highest BCUT2D eigenvalue weighted by Crippen LogP contribution is 2.36. The molecule has 1 saturated carbocycles. The smallest absolute Gasteiger partial charge is 0.407 e. The molecule has 1 amide bonds.